The molecule has 56 heavy (non-hydrogen) atoms. The van der Waals surface area contributed by atoms with E-state index in [0.717, 1.165) is 39.3 Å². The molecule has 3 nitrogen and oxygen atoms in total. The van der Waals surface area contributed by atoms with Gasteiger partial charge < -0.3 is 9.47 Å². The summed E-state index contributed by atoms with van der Waals surface area (Å²) >= 11 is 0. The van der Waals surface area contributed by atoms with Crippen molar-refractivity contribution in [3.63, 3.8) is 0 Å². The molecule has 3 heterocycles. The van der Waals surface area contributed by atoms with Crippen LogP contribution in [0.5, 0.6) is 0 Å². The molecule has 3 aliphatic rings. The molecular formula is C53H41N3. The standard InChI is InChI=1S/C53H41N3/c1-4-14-37(15-5-1)48-34-41(35-49(54-48)38-16-6-2-7-17-38)36-24-28-43(29-25-36)56-51-23-13-11-21-45(51)47-33-40(27-31-53(47)56)39-26-30-52-46(32-39)44-20-10-12-22-50(44)55(52)42-18-8-3-9-19-42/h1-2,4-7,10-18,20-35,44,50H,3,8-9,19H2. The lowest BCUT2D eigenvalue weighted by Gasteiger charge is -2.32. The van der Waals surface area contributed by atoms with E-state index in [9.17, 15) is 0 Å². The number of para-hydroxylation sites is 1. The zero-order valence-corrected chi connectivity index (χ0v) is 31.2. The van der Waals surface area contributed by atoms with Gasteiger partial charge in [0.2, 0.25) is 0 Å². The Morgan fingerprint density at radius 1 is 0.500 bits per heavy atom. The normalized spacial score (nSPS) is 17.3. The van der Waals surface area contributed by atoms with Crippen LogP contribution in [0.15, 0.2) is 194 Å². The fraction of sp³-hybridized carbons (Fsp3) is 0.113. The molecule has 6 aromatic carbocycles. The number of anilines is 1. The van der Waals surface area contributed by atoms with Crippen molar-refractivity contribution in [3.8, 4) is 50.5 Å². The molecule has 0 spiro atoms. The molecule has 0 amide bonds. The van der Waals surface area contributed by atoms with E-state index in [1.54, 1.807) is 0 Å². The van der Waals surface area contributed by atoms with Gasteiger partial charge in [0.15, 0.2) is 0 Å². The maximum Gasteiger partial charge on any atom is 0.0715 e. The summed E-state index contributed by atoms with van der Waals surface area (Å²) in [4.78, 5) is 7.73. The van der Waals surface area contributed by atoms with E-state index in [-0.39, 0.29) is 0 Å². The minimum atomic E-state index is 0.358. The van der Waals surface area contributed by atoms with Crippen LogP contribution in [-0.4, -0.2) is 15.6 Å². The van der Waals surface area contributed by atoms with E-state index in [1.165, 1.54) is 75.6 Å². The van der Waals surface area contributed by atoms with Crippen molar-refractivity contribution in [2.45, 2.75) is 37.6 Å². The van der Waals surface area contributed by atoms with Crippen LogP contribution in [0.3, 0.4) is 0 Å². The predicted molar refractivity (Wildman–Crippen MR) is 234 cm³/mol. The smallest absolute Gasteiger partial charge is 0.0715 e. The topological polar surface area (TPSA) is 21.1 Å². The van der Waals surface area contributed by atoms with Gasteiger partial charge in [-0.15, -0.1) is 0 Å². The molecule has 0 N–H and O–H groups in total. The quantitative estimate of drug-likeness (QED) is 0.171. The Bertz CT molecular complexity index is 2800. The fourth-order valence-corrected chi connectivity index (χ4v) is 9.34. The van der Waals surface area contributed by atoms with Gasteiger partial charge in [-0.3, -0.25) is 0 Å². The zero-order chi connectivity index (χ0) is 37.0. The molecule has 2 aromatic heterocycles. The zero-order valence-electron chi connectivity index (χ0n) is 31.2. The summed E-state index contributed by atoms with van der Waals surface area (Å²) in [6.45, 7) is 0. The summed E-state index contributed by atoms with van der Waals surface area (Å²) in [5.74, 6) is 0.369. The molecule has 8 aromatic rings. The van der Waals surface area contributed by atoms with Gasteiger partial charge in [0.1, 0.15) is 0 Å². The fourth-order valence-electron chi connectivity index (χ4n) is 9.34. The summed E-state index contributed by atoms with van der Waals surface area (Å²) in [6, 6.07) is 57.8. The van der Waals surface area contributed by atoms with Crippen molar-refractivity contribution in [2.75, 3.05) is 4.90 Å². The molecule has 0 bridgehead atoms. The lowest BCUT2D eigenvalue weighted by molar-refractivity contribution is 0.641. The number of aromatic nitrogens is 2. The summed E-state index contributed by atoms with van der Waals surface area (Å²) in [5, 5.41) is 2.53. The van der Waals surface area contributed by atoms with Crippen molar-refractivity contribution in [1.82, 2.24) is 9.55 Å². The van der Waals surface area contributed by atoms with Gasteiger partial charge in [-0.25, -0.2) is 4.98 Å². The summed E-state index contributed by atoms with van der Waals surface area (Å²) < 4.78 is 2.41. The van der Waals surface area contributed by atoms with Gasteiger partial charge in [0.25, 0.3) is 0 Å². The number of benzene rings is 6. The number of hydrogen-bond acceptors (Lipinski definition) is 2. The van der Waals surface area contributed by atoms with E-state index in [4.69, 9.17) is 4.98 Å². The number of allylic oxidation sites excluding steroid dienone is 4. The molecule has 2 aliphatic carbocycles. The Labute approximate surface area is 328 Å². The second-order valence-electron chi connectivity index (χ2n) is 15.4. The molecule has 268 valence electrons. The molecule has 3 heteroatoms. The van der Waals surface area contributed by atoms with Crippen LogP contribution in [-0.2, 0) is 0 Å². The van der Waals surface area contributed by atoms with Gasteiger partial charge >= 0.3 is 0 Å². The van der Waals surface area contributed by atoms with Crippen LogP contribution in [0.1, 0.15) is 37.2 Å². The Hall–Kier alpha value is -6.71. The molecule has 0 saturated carbocycles. The number of rotatable bonds is 6. The largest absolute Gasteiger partial charge is 0.337 e. The molecular weight excluding hydrogens is 679 g/mol. The highest BCUT2D eigenvalue weighted by Crippen LogP contribution is 2.48. The van der Waals surface area contributed by atoms with Gasteiger partial charge in [0, 0.05) is 44.9 Å². The number of fused-ring (bicyclic) bond motifs is 6. The van der Waals surface area contributed by atoms with Gasteiger partial charge in [-0.2, -0.15) is 0 Å². The molecule has 0 fully saturated rings. The third-order valence-electron chi connectivity index (χ3n) is 12.1. The summed E-state index contributed by atoms with van der Waals surface area (Å²) in [6.07, 6.45) is 16.7. The lowest BCUT2D eigenvalue weighted by Crippen LogP contribution is -2.32. The average molecular weight is 720 g/mol. The van der Waals surface area contributed by atoms with Crippen molar-refractivity contribution in [3.05, 3.63) is 199 Å². The Kier molecular flexibility index (Phi) is 7.91. The summed E-state index contributed by atoms with van der Waals surface area (Å²) in [5.41, 5.74) is 16.9. The highest BCUT2D eigenvalue weighted by atomic mass is 15.2. The third kappa shape index (κ3) is 5.54. The second kappa shape index (κ2) is 13.5. The number of pyridine rings is 1. The van der Waals surface area contributed by atoms with E-state index >= 15 is 0 Å². The Morgan fingerprint density at radius 2 is 1.16 bits per heavy atom. The number of hydrogen-bond donors (Lipinski definition) is 0. The van der Waals surface area contributed by atoms with Crippen LogP contribution >= 0.6 is 0 Å². The minimum absolute atomic E-state index is 0.358. The van der Waals surface area contributed by atoms with Crippen molar-refractivity contribution >= 4 is 27.5 Å². The first-order valence-electron chi connectivity index (χ1n) is 20.0. The molecule has 2 unspecified atom stereocenters. The predicted octanol–water partition coefficient (Wildman–Crippen LogP) is 13.7. The first kappa shape index (κ1) is 32.7. The Balaban J connectivity index is 0.977. The minimum Gasteiger partial charge on any atom is -0.337 e. The maximum absolute atomic E-state index is 5.10. The van der Waals surface area contributed by atoms with E-state index < -0.39 is 0 Å². The first-order chi connectivity index (χ1) is 27.8. The van der Waals surface area contributed by atoms with Crippen molar-refractivity contribution in [2.24, 2.45) is 0 Å². The van der Waals surface area contributed by atoms with E-state index in [1.807, 2.05) is 0 Å². The first-order valence-corrected chi connectivity index (χ1v) is 20.0. The van der Waals surface area contributed by atoms with Gasteiger partial charge in [0.05, 0.1) is 28.5 Å². The lowest BCUT2D eigenvalue weighted by atomic mass is 9.89. The monoisotopic (exact) mass is 719 g/mol. The SMILES string of the molecule is C1=CC2c3cc(-c4ccc5c(c4)c4ccccc4n5-c4ccc(-c5cc(-c6ccccc6)nc(-c6ccccc6)c5)cc4)ccc3N(C3=CCCCC3)C2C=C1. The molecule has 11 rings (SSSR count). The average Bonchev–Trinajstić information content (AvgIpc) is 3.79. The summed E-state index contributed by atoms with van der Waals surface area (Å²) in [7, 11) is 0. The highest BCUT2D eigenvalue weighted by molar-refractivity contribution is 6.10. The second-order valence-corrected chi connectivity index (χ2v) is 15.4. The van der Waals surface area contributed by atoms with Gasteiger partial charge in [-0.1, -0.05) is 134 Å². The van der Waals surface area contributed by atoms with Gasteiger partial charge in [-0.05, 0) is 108 Å². The third-order valence-corrected chi connectivity index (χ3v) is 12.1. The van der Waals surface area contributed by atoms with Crippen LogP contribution in [0.2, 0.25) is 0 Å². The van der Waals surface area contributed by atoms with Crippen LogP contribution in [0.4, 0.5) is 5.69 Å². The van der Waals surface area contributed by atoms with E-state index in [0.29, 0.717) is 12.0 Å². The molecule has 0 radical (unpaired) electrons. The van der Waals surface area contributed by atoms with E-state index in [2.05, 4.69) is 198 Å². The Morgan fingerprint density at radius 3 is 1.91 bits per heavy atom. The number of nitrogens with zero attached hydrogens (tertiary/aromatic N) is 3. The molecule has 1 aliphatic heterocycles. The van der Waals surface area contributed by atoms with Crippen LogP contribution in [0, 0.1) is 0 Å². The molecule has 0 saturated heterocycles. The molecule has 2 atom stereocenters. The van der Waals surface area contributed by atoms with Crippen LogP contribution < -0.4 is 4.90 Å². The highest BCUT2D eigenvalue weighted by Gasteiger charge is 2.38. The maximum atomic E-state index is 5.10. The van der Waals surface area contributed by atoms with Crippen LogP contribution in [0.25, 0.3) is 72.3 Å². The van der Waals surface area contributed by atoms with Crippen molar-refractivity contribution in [1.29, 1.82) is 0 Å². The van der Waals surface area contributed by atoms with Crippen molar-refractivity contribution < 1.29 is 0 Å².